The predicted octanol–water partition coefficient (Wildman–Crippen LogP) is 0.980. The average molecular weight is 277 g/mol. The summed E-state index contributed by atoms with van der Waals surface area (Å²) < 4.78 is 0. The molecule has 1 saturated heterocycles. The highest BCUT2D eigenvalue weighted by Gasteiger charge is 2.17. The van der Waals surface area contributed by atoms with Crippen molar-refractivity contribution >= 4 is 11.7 Å². The van der Waals surface area contributed by atoms with Crippen LogP contribution >= 0.6 is 0 Å². The van der Waals surface area contributed by atoms with E-state index in [4.69, 9.17) is 0 Å². The highest BCUT2D eigenvalue weighted by atomic mass is 16.1. The van der Waals surface area contributed by atoms with Gasteiger partial charge in [-0.2, -0.15) is 0 Å². The summed E-state index contributed by atoms with van der Waals surface area (Å²) in [4.78, 5) is 22.6. The van der Waals surface area contributed by atoms with Crippen molar-refractivity contribution in [3.63, 3.8) is 0 Å². The number of likely N-dealkylation sites (tertiary alicyclic amines) is 1. The maximum absolute atomic E-state index is 12.0. The van der Waals surface area contributed by atoms with Crippen LogP contribution in [0.25, 0.3) is 0 Å². The zero-order chi connectivity index (χ0) is 14.4. The van der Waals surface area contributed by atoms with Crippen molar-refractivity contribution < 1.29 is 4.79 Å². The van der Waals surface area contributed by atoms with E-state index >= 15 is 0 Å². The molecule has 0 saturated carbocycles. The van der Waals surface area contributed by atoms with Crippen molar-refractivity contribution in [2.75, 3.05) is 38.5 Å². The molecule has 6 nitrogen and oxygen atoms in total. The van der Waals surface area contributed by atoms with E-state index in [-0.39, 0.29) is 5.91 Å². The molecule has 110 valence electrons. The number of nitrogens with zero attached hydrogens (tertiary/aromatic N) is 3. The number of aromatic nitrogens is 2. The number of anilines is 1. The lowest BCUT2D eigenvalue weighted by Gasteiger charge is -2.28. The number of hydrogen-bond donors (Lipinski definition) is 2. The second-order valence-electron chi connectivity index (χ2n) is 5.27. The lowest BCUT2D eigenvalue weighted by Crippen LogP contribution is -2.37. The Morgan fingerprint density at radius 1 is 1.35 bits per heavy atom. The minimum absolute atomic E-state index is 0.139. The number of piperidine rings is 1. The molecule has 2 rings (SSSR count). The van der Waals surface area contributed by atoms with Crippen LogP contribution in [0.1, 0.15) is 30.3 Å². The zero-order valence-electron chi connectivity index (χ0n) is 12.2. The fourth-order valence-electron chi connectivity index (χ4n) is 2.31. The first-order valence-corrected chi connectivity index (χ1v) is 7.21. The first-order chi connectivity index (χ1) is 9.69. The van der Waals surface area contributed by atoms with E-state index in [1.54, 1.807) is 6.20 Å². The van der Waals surface area contributed by atoms with Crippen LogP contribution in [0, 0.1) is 5.92 Å². The van der Waals surface area contributed by atoms with Crippen molar-refractivity contribution in [1.82, 2.24) is 20.2 Å². The molecule has 0 atom stereocenters. The lowest BCUT2D eigenvalue weighted by molar-refractivity contribution is 0.0933. The van der Waals surface area contributed by atoms with Crippen molar-refractivity contribution in [2.24, 2.45) is 5.92 Å². The van der Waals surface area contributed by atoms with Gasteiger partial charge in [0.25, 0.3) is 5.91 Å². The molecule has 1 fully saturated rings. The molecule has 2 heterocycles. The molecule has 0 spiro atoms. The number of carbonyl (C=O) groups is 1. The summed E-state index contributed by atoms with van der Waals surface area (Å²) in [5.41, 5.74) is 0.375. The zero-order valence-corrected chi connectivity index (χ0v) is 12.2. The molecule has 6 heteroatoms. The van der Waals surface area contributed by atoms with Gasteiger partial charge in [-0.1, -0.05) is 0 Å². The third kappa shape index (κ3) is 4.16. The highest BCUT2D eigenvalue weighted by molar-refractivity contribution is 5.91. The monoisotopic (exact) mass is 277 g/mol. The molecule has 0 unspecified atom stereocenters. The topological polar surface area (TPSA) is 70.2 Å². The van der Waals surface area contributed by atoms with Crippen LogP contribution in [0.2, 0.25) is 0 Å². The van der Waals surface area contributed by atoms with Crippen LogP contribution in [0.3, 0.4) is 0 Å². The number of hydrogen-bond acceptors (Lipinski definition) is 5. The Hall–Kier alpha value is -1.69. The van der Waals surface area contributed by atoms with Crippen LogP contribution < -0.4 is 10.6 Å². The van der Waals surface area contributed by atoms with Gasteiger partial charge in [-0.3, -0.25) is 4.79 Å². The summed E-state index contributed by atoms with van der Waals surface area (Å²) in [6, 6.07) is 0. The van der Waals surface area contributed by atoms with E-state index in [1.165, 1.54) is 6.20 Å². The molecule has 0 aromatic carbocycles. The van der Waals surface area contributed by atoms with Crippen LogP contribution in [-0.2, 0) is 0 Å². The maximum atomic E-state index is 12.0. The van der Waals surface area contributed by atoms with Crippen molar-refractivity contribution in [3.8, 4) is 0 Å². The van der Waals surface area contributed by atoms with E-state index < -0.39 is 0 Å². The summed E-state index contributed by atoms with van der Waals surface area (Å²) in [6.45, 7) is 5.72. The number of amides is 1. The summed E-state index contributed by atoms with van der Waals surface area (Å²) in [7, 11) is 2.14. The largest absolute Gasteiger partial charge is 0.369 e. The fraction of sp³-hybridized carbons (Fsp3) is 0.643. The van der Waals surface area contributed by atoms with Gasteiger partial charge < -0.3 is 15.5 Å². The Kier molecular flexibility index (Phi) is 5.29. The van der Waals surface area contributed by atoms with Gasteiger partial charge in [-0.15, -0.1) is 0 Å². The van der Waals surface area contributed by atoms with E-state index in [9.17, 15) is 4.79 Å². The summed E-state index contributed by atoms with van der Waals surface area (Å²) in [6.07, 6.45) is 5.39. The van der Waals surface area contributed by atoms with E-state index in [2.05, 4.69) is 32.5 Å². The SMILES string of the molecule is CCNc1cnc(C(=O)NCC2CCN(C)CC2)cn1. The van der Waals surface area contributed by atoms with Crippen molar-refractivity contribution in [1.29, 1.82) is 0 Å². The maximum Gasteiger partial charge on any atom is 0.271 e. The number of carbonyl (C=O) groups excluding carboxylic acids is 1. The van der Waals surface area contributed by atoms with E-state index in [0.717, 1.165) is 39.0 Å². The van der Waals surface area contributed by atoms with Gasteiger partial charge in [0.1, 0.15) is 11.5 Å². The summed E-state index contributed by atoms with van der Waals surface area (Å²) >= 11 is 0. The summed E-state index contributed by atoms with van der Waals surface area (Å²) in [5.74, 6) is 1.13. The van der Waals surface area contributed by atoms with Crippen LogP contribution in [0.15, 0.2) is 12.4 Å². The van der Waals surface area contributed by atoms with Gasteiger partial charge in [0.15, 0.2) is 0 Å². The predicted molar refractivity (Wildman–Crippen MR) is 78.7 cm³/mol. The normalized spacial score (nSPS) is 16.9. The third-order valence-electron chi connectivity index (χ3n) is 3.63. The Balaban J connectivity index is 1.79. The van der Waals surface area contributed by atoms with Crippen molar-refractivity contribution in [2.45, 2.75) is 19.8 Å². The molecule has 0 radical (unpaired) electrons. The molecule has 0 aliphatic carbocycles. The molecule has 1 aliphatic heterocycles. The molecule has 1 amide bonds. The molecule has 1 aromatic rings. The Bertz CT molecular complexity index is 426. The molecule has 20 heavy (non-hydrogen) atoms. The summed E-state index contributed by atoms with van der Waals surface area (Å²) in [5, 5.41) is 6.01. The van der Waals surface area contributed by atoms with E-state index in [1.807, 2.05) is 6.92 Å². The highest BCUT2D eigenvalue weighted by Crippen LogP contribution is 2.14. The first kappa shape index (κ1) is 14.7. The first-order valence-electron chi connectivity index (χ1n) is 7.21. The number of rotatable bonds is 5. The molecule has 0 bridgehead atoms. The van der Waals surface area contributed by atoms with Crippen molar-refractivity contribution in [3.05, 3.63) is 18.1 Å². The Morgan fingerprint density at radius 2 is 2.10 bits per heavy atom. The van der Waals surface area contributed by atoms with Gasteiger partial charge in [-0.25, -0.2) is 9.97 Å². The van der Waals surface area contributed by atoms with Crippen LogP contribution in [0.4, 0.5) is 5.82 Å². The third-order valence-corrected chi connectivity index (χ3v) is 3.63. The fourth-order valence-corrected chi connectivity index (χ4v) is 2.31. The molecular weight excluding hydrogens is 254 g/mol. The smallest absolute Gasteiger partial charge is 0.271 e. The minimum atomic E-state index is -0.139. The Morgan fingerprint density at radius 3 is 2.70 bits per heavy atom. The molecule has 2 N–H and O–H groups in total. The van der Waals surface area contributed by atoms with E-state index in [0.29, 0.717) is 17.4 Å². The van der Waals surface area contributed by atoms with Gasteiger partial charge >= 0.3 is 0 Å². The van der Waals surface area contributed by atoms with Gasteiger partial charge in [0, 0.05) is 13.1 Å². The van der Waals surface area contributed by atoms with Gasteiger partial charge in [0.05, 0.1) is 12.4 Å². The van der Waals surface area contributed by atoms with Crippen LogP contribution in [0.5, 0.6) is 0 Å². The van der Waals surface area contributed by atoms with Gasteiger partial charge in [-0.05, 0) is 45.8 Å². The average Bonchev–Trinajstić information content (AvgIpc) is 2.47. The lowest BCUT2D eigenvalue weighted by atomic mass is 9.97. The second kappa shape index (κ2) is 7.19. The quantitative estimate of drug-likeness (QED) is 0.839. The van der Waals surface area contributed by atoms with Crippen LogP contribution in [-0.4, -0.2) is 54.0 Å². The Labute approximate surface area is 120 Å². The standard InChI is InChI=1S/C14H23N5O/c1-3-15-13-10-16-12(9-17-13)14(20)18-8-11-4-6-19(2)7-5-11/h9-11H,3-8H2,1-2H3,(H,15,17)(H,18,20). The number of nitrogens with one attached hydrogen (secondary N) is 2. The molecule has 1 aromatic heterocycles. The molecular formula is C14H23N5O. The van der Waals surface area contributed by atoms with Gasteiger partial charge in [0.2, 0.25) is 0 Å². The molecule has 1 aliphatic rings. The second-order valence-corrected chi connectivity index (χ2v) is 5.27. The minimum Gasteiger partial charge on any atom is -0.369 e.